The molecule has 3 heterocycles. The van der Waals surface area contributed by atoms with Crippen molar-refractivity contribution in [1.29, 1.82) is 0 Å². The van der Waals surface area contributed by atoms with Crippen molar-refractivity contribution in [2.75, 3.05) is 0 Å². The Bertz CT molecular complexity index is 1670. The van der Waals surface area contributed by atoms with Gasteiger partial charge in [-0.2, -0.15) is 0 Å². The summed E-state index contributed by atoms with van der Waals surface area (Å²) >= 11 is 7.44. The Labute approximate surface area is 210 Å². The van der Waals surface area contributed by atoms with E-state index in [0.29, 0.717) is 25.6 Å². The summed E-state index contributed by atoms with van der Waals surface area (Å²) in [5.41, 5.74) is 4.39. The highest BCUT2D eigenvalue weighted by atomic mass is 35.5. The van der Waals surface area contributed by atoms with Gasteiger partial charge in [0.05, 0.1) is 27.9 Å². The fourth-order valence-corrected chi connectivity index (χ4v) is 5.59. The van der Waals surface area contributed by atoms with Gasteiger partial charge in [-0.05, 0) is 57.5 Å². The van der Waals surface area contributed by atoms with Gasteiger partial charge in [0.15, 0.2) is 4.80 Å². The molecule has 1 aliphatic rings. The van der Waals surface area contributed by atoms with Crippen LogP contribution in [-0.4, -0.2) is 21.6 Å². The van der Waals surface area contributed by atoms with Gasteiger partial charge in [-0.3, -0.25) is 9.36 Å². The number of rotatable bonds is 4. The Morgan fingerprint density at radius 2 is 1.89 bits per heavy atom. The molecule has 0 unspecified atom stereocenters. The second kappa shape index (κ2) is 8.98. The maximum absolute atomic E-state index is 13.8. The van der Waals surface area contributed by atoms with Crippen molar-refractivity contribution in [3.05, 3.63) is 101 Å². The summed E-state index contributed by atoms with van der Waals surface area (Å²) in [7, 11) is 0. The number of hydrogen-bond acceptors (Lipinski definition) is 5. The zero-order valence-electron chi connectivity index (χ0n) is 19.8. The van der Waals surface area contributed by atoms with E-state index in [2.05, 4.69) is 9.98 Å². The molecule has 0 aliphatic carbocycles. The minimum atomic E-state index is -0.666. The van der Waals surface area contributed by atoms with Gasteiger partial charge in [0.1, 0.15) is 0 Å². The number of allylic oxidation sites excluding steroid dienone is 1. The van der Waals surface area contributed by atoms with Crippen molar-refractivity contribution >= 4 is 45.9 Å². The lowest BCUT2D eigenvalue weighted by atomic mass is 9.96. The molecule has 2 aromatic carbocycles. The molecule has 1 atom stereocenters. The number of hydrogen-bond donors (Lipinski definition) is 1. The number of esters is 1. The average Bonchev–Trinajstić information content (AvgIpc) is 3.29. The van der Waals surface area contributed by atoms with Crippen LogP contribution in [-0.2, 0) is 9.53 Å². The third-order valence-electron chi connectivity index (χ3n) is 5.99. The summed E-state index contributed by atoms with van der Waals surface area (Å²) in [5, 5.41) is 1.62. The molecule has 0 saturated heterocycles. The maximum atomic E-state index is 13.8. The first-order valence-electron chi connectivity index (χ1n) is 11.3. The number of fused-ring (bicyclic) bond motifs is 2. The van der Waals surface area contributed by atoms with Crippen molar-refractivity contribution in [3.8, 4) is 0 Å². The Morgan fingerprint density at radius 3 is 2.60 bits per heavy atom. The lowest BCUT2D eigenvalue weighted by Crippen LogP contribution is -2.40. The maximum Gasteiger partial charge on any atom is 0.338 e. The fourth-order valence-electron chi connectivity index (χ4n) is 4.44. The highest BCUT2D eigenvalue weighted by molar-refractivity contribution is 7.07. The SMILES string of the molecule is CC1=C(C(=O)OC(C)C)[C@@H](c2ccc(Cl)cc2)n2c(s/c(=C\c3c(C)[nH]c4ccccc34)c2=O)=N1. The van der Waals surface area contributed by atoms with Crippen molar-refractivity contribution in [2.24, 2.45) is 4.99 Å². The molecule has 4 aromatic rings. The Kier molecular flexibility index (Phi) is 5.99. The van der Waals surface area contributed by atoms with Gasteiger partial charge >= 0.3 is 5.97 Å². The van der Waals surface area contributed by atoms with Crippen LogP contribution in [0.2, 0.25) is 5.02 Å². The van der Waals surface area contributed by atoms with Crippen LogP contribution in [0.15, 0.2) is 69.6 Å². The zero-order valence-corrected chi connectivity index (χ0v) is 21.3. The average molecular weight is 506 g/mol. The molecule has 178 valence electrons. The van der Waals surface area contributed by atoms with E-state index in [1.54, 1.807) is 37.5 Å². The molecule has 0 radical (unpaired) electrons. The van der Waals surface area contributed by atoms with Crippen LogP contribution in [0.1, 0.15) is 43.6 Å². The molecule has 0 spiro atoms. The predicted molar refractivity (Wildman–Crippen MR) is 139 cm³/mol. The minimum absolute atomic E-state index is 0.208. The van der Waals surface area contributed by atoms with Crippen LogP contribution >= 0.6 is 22.9 Å². The van der Waals surface area contributed by atoms with Crippen LogP contribution in [0, 0.1) is 6.92 Å². The van der Waals surface area contributed by atoms with E-state index in [1.807, 2.05) is 49.4 Å². The van der Waals surface area contributed by atoms with E-state index in [0.717, 1.165) is 27.7 Å². The van der Waals surface area contributed by atoms with E-state index < -0.39 is 12.0 Å². The highest BCUT2D eigenvalue weighted by Gasteiger charge is 2.33. The lowest BCUT2D eigenvalue weighted by molar-refractivity contribution is -0.143. The Hall–Kier alpha value is -3.42. The molecule has 6 nitrogen and oxygen atoms in total. The number of aromatic nitrogens is 2. The quantitative estimate of drug-likeness (QED) is 0.411. The molecule has 35 heavy (non-hydrogen) atoms. The molecule has 8 heteroatoms. The Morgan fingerprint density at radius 1 is 1.17 bits per heavy atom. The number of nitrogens with one attached hydrogen (secondary N) is 1. The number of halogens is 1. The first-order chi connectivity index (χ1) is 16.7. The number of benzene rings is 2. The molecule has 1 N–H and O–H groups in total. The van der Waals surface area contributed by atoms with Gasteiger partial charge in [-0.25, -0.2) is 9.79 Å². The van der Waals surface area contributed by atoms with Crippen molar-refractivity contribution in [2.45, 2.75) is 39.8 Å². The second-order valence-electron chi connectivity index (χ2n) is 8.80. The van der Waals surface area contributed by atoms with Gasteiger partial charge in [0.2, 0.25) is 0 Å². The van der Waals surface area contributed by atoms with Gasteiger partial charge in [0, 0.05) is 27.2 Å². The van der Waals surface area contributed by atoms with Crippen molar-refractivity contribution in [1.82, 2.24) is 9.55 Å². The minimum Gasteiger partial charge on any atom is -0.459 e. The number of H-pyrrole nitrogens is 1. The number of carbonyl (C=O) groups is 1. The summed E-state index contributed by atoms with van der Waals surface area (Å²) in [6.45, 7) is 7.36. The second-order valence-corrected chi connectivity index (χ2v) is 10.2. The molecule has 0 saturated carbocycles. The number of carbonyl (C=O) groups excluding carboxylic acids is 1. The van der Waals surface area contributed by atoms with E-state index in [-0.39, 0.29) is 11.7 Å². The van der Waals surface area contributed by atoms with Crippen LogP contribution in [0.25, 0.3) is 17.0 Å². The highest BCUT2D eigenvalue weighted by Crippen LogP contribution is 2.31. The van der Waals surface area contributed by atoms with Crippen molar-refractivity contribution in [3.63, 3.8) is 0 Å². The standard InChI is InChI=1S/C27H24ClN3O3S/c1-14(2)34-26(33)23-16(4)30-27-31(24(23)17-9-11-18(28)12-10-17)25(32)22(35-27)13-20-15(3)29-21-8-6-5-7-19(20)21/h5-14,24,29H,1-4H3/b22-13-/t24-/m1/s1. The normalized spacial score (nSPS) is 16.1. The zero-order chi connectivity index (χ0) is 24.9. The van der Waals surface area contributed by atoms with Crippen molar-refractivity contribution < 1.29 is 9.53 Å². The largest absolute Gasteiger partial charge is 0.459 e. The number of thiazole rings is 1. The fraction of sp³-hybridized carbons (Fsp3) is 0.222. The number of aryl methyl sites for hydroxylation is 1. The summed E-state index contributed by atoms with van der Waals surface area (Å²) in [6.07, 6.45) is 1.60. The van der Waals surface area contributed by atoms with Crippen LogP contribution in [0.5, 0.6) is 0 Å². The molecule has 5 rings (SSSR count). The third-order valence-corrected chi connectivity index (χ3v) is 7.22. The molecule has 2 aromatic heterocycles. The smallest absolute Gasteiger partial charge is 0.338 e. The molecular weight excluding hydrogens is 482 g/mol. The topological polar surface area (TPSA) is 76.5 Å². The summed E-state index contributed by atoms with van der Waals surface area (Å²) < 4.78 is 7.67. The van der Waals surface area contributed by atoms with E-state index >= 15 is 0 Å². The lowest BCUT2D eigenvalue weighted by Gasteiger charge is -2.25. The van der Waals surface area contributed by atoms with E-state index in [4.69, 9.17) is 16.3 Å². The summed E-state index contributed by atoms with van der Waals surface area (Å²) in [4.78, 5) is 35.5. The summed E-state index contributed by atoms with van der Waals surface area (Å²) in [5.74, 6) is -0.483. The van der Waals surface area contributed by atoms with E-state index in [9.17, 15) is 9.59 Å². The molecule has 1 aliphatic heterocycles. The molecular formula is C27H24ClN3O3S. The Balaban J connectivity index is 1.75. The van der Waals surface area contributed by atoms with Crippen LogP contribution in [0.4, 0.5) is 0 Å². The monoisotopic (exact) mass is 505 g/mol. The van der Waals surface area contributed by atoms with E-state index in [1.165, 1.54) is 11.3 Å². The first-order valence-corrected chi connectivity index (χ1v) is 12.5. The van der Waals surface area contributed by atoms with Crippen LogP contribution in [0.3, 0.4) is 0 Å². The number of ether oxygens (including phenoxy) is 1. The third kappa shape index (κ3) is 4.15. The molecule has 0 amide bonds. The molecule has 0 fully saturated rings. The van der Waals surface area contributed by atoms with Crippen LogP contribution < -0.4 is 14.9 Å². The number of aromatic amines is 1. The summed E-state index contributed by atoms with van der Waals surface area (Å²) in [6, 6.07) is 14.5. The van der Waals surface area contributed by atoms with Gasteiger partial charge in [-0.1, -0.05) is 53.3 Å². The molecule has 0 bridgehead atoms. The van der Waals surface area contributed by atoms with Gasteiger partial charge in [-0.15, -0.1) is 0 Å². The predicted octanol–water partition coefficient (Wildman–Crippen LogP) is 4.63. The van der Waals surface area contributed by atoms with Gasteiger partial charge < -0.3 is 9.72 Å². The first kappa shape index (κ1) is 23.3. The number of para-hydroxylation sites is 1. The number of nitrogens with zero attached hydrogens (tertiary/aromatic N) is 2. The van der Waals surface area contributed by atoms with Gasteiger partial charge in [0.25, 0.3) is 5.56 Å².